The Bertz CT molecular complexity index is 828. The largest absolute Gasteiger partial charge is 0.478 e. The molecule has 0 bridgehead atoms. The number of H-pyrrole nitrogens is 1. The zero-order chi connectivity index (χ0) is 20.0. The quantitative estimate of drug-likeness (QED) is 0.592. The molecule has 27 heavy (non-hydrogen) atoms. The van der Waals surface area contributed by atoms with E-state index in [1.807, 2.05) is 13.1 Å². The highest BCUT2D eigenvalue weighted by molar-refractivity contribution is 5.89. The van der Waals surface area contributed by atoms with E-state index in [9.17, 15) is 19.1 Å². The molecule has 2 heterocycles. The van der Waals surface area contributed by atoms with Gasteiger partial charge in [0, 0.05) is 48.9 Å². The van der Waals surface area contributed by atoms with E-state index in [0.29, 0.717) is 12.2 Å². The van der Waals surface area contributed by atoms with Crippen molar-refractivity contribution in [2.24, 2.45) is 0 Å². The molecule has 1 aromatic carbocycles. The van der Waals surface area contributed by atoms with E-state index in [0.717, 1.165) is 48.9 Å². The van der Waals surface area contributed by atoms with Gasteiger partial charge in [-0.3, -0.25) is 0 Å². The fourth-order valence-corrected chi connectivity index (χ4v) is 3.01. The van der Waals surface area contributed by atoms with Crippen molar-refractivity contribution < 1.29 is 29.3 Å². The van der Waals surface area contributed by atoms with Gasteiger partial charge in [-0.15, -0.1) is 0 Å². The number of nitrogens with zero attached hydrogens (tertiary/aromatic N) is 1. The number of aliphatic carboxylic acids is 2. The van der Waals surface area contributed by atoms with Crippen LogP contribution in [0.15, 0.2) is 36.5 Å². The van der Waals surface area contributed by atoms with E-state index in [4.69, 9.17) is 10.2 Å². The number of carboxylic acid groups (broad SMARTS) is 2. The van der Waals surface area contributed by atoms with Gasteiger partial charge in [-0.05, 0) is 43.5 Å². The smallest absolute Gasteiger partial charge is 0.328 e. The molecule has 1 unspecified atom stereocenters. The van der Waals surface area contributed by atoms with E-state index in [-0.39, 0.29) is 5.82 Å². The number of halogens is 1. The summed E-state index contributed by atoms with van der Waals surface area (Å²) in [5.41, 5.74) is 1.57. The number of nitrogens with one attached hydrogen (secondary N) is 1. The first kappa shape index (κ1) is 20.6. The predicted molar refractivity (Wildman–Crippen MR) is 98.1 cm³/mol. The molecule has 2 aromatic rings. The third kappa shape index (κ3) is 6.50. The summed E-state index contributed by atoms with van der Waals surface area (Å²) in [5, 5.41) is 26.5. The number of aromatic nitrogens is 1. The van der Waals surface area contributed by atoms with Crippen molar-refractivity contribution in [3.8, 4) is 0 Å². The van der Waals surface area contributed by atoms with Gasteiger partial charge in [0.15, 0.2) is 0 Å². The van der Waals surface area contributed by atoms with Gasteiger partial charge in [0.25, 0.3) is 0 Å². The van der Waals surface area contributed by atoms with Gasteiger partial charge in [-0.25, -0.2) is 14.0 Å². The molecule has 1 aliphatic heterocycles. The summed E-state index contributed by atoms with van der Waals surface area (Å²) in [6.45, 7) is 4.45. The maximum absolute atomic E-state index is 13.3. The fraction of sp³-hybridized carbons (Fsp3) is 0.368. The molecule has 4 N–H and O–H groups in total. The monoisotopic (exact) mass is 378 g/mol. The van der Waals surface area contributed by atoms with Crippen LogP contribution in [0.25, 0.3) is 10.9 Å². The first-order valence-electron chi connectivity index (χ1n) is 8.50. The third-order valence-electron chi connectivity index (χ3n) is 4.33. The highest BCUT2D eigenvalue weighted by Crippen LogP contribution is 2.23. The lowest BCUT2D eigenvalue weighted by atomic mass is 10.1. The molecule has 1 saturated heterocycles. The van der Waals surface area contributed by atoms with E-state index in [1.165, 1.54) is 6.07 Å². The summed E-state index contributed by atoms with van der Waals surface area (Å²) in [6, 6.07) is 4.83. The molecule has 0 saturated carbocycles. The van der Waals surface area contributed by atoms with Gasteiger partial charge in [-0.1, -0.05) is 0 Å². The van der Waals surface area contributed by atoms with Gasteiger partial charge in [0.1, 0.15) is 5.82 Å². The van der Waals surface area contributed by atoms with Crippen LogP contribution in [-0.4, -0.2) is 62.4 Å². The minimum atomic E-state index is -1.26. The lowest BCUT2D eigenvalue weighted by molar-refractivity contribution is -0.134. The molecular weight excluding hydrogens is 355 g/mol. The molecule has 3 rings (SSSR count). The topological polar surface area (TPSA) is 114 Å². The minimum absolute atomic E-state index is 0.197. The molecule has 1 aromatic heterocycles. The van der Waals surface area contributed by atoms with Gasteiger partial charge in [0.05, 0.1) is 5.60 Å². The predicted octanol–water partition coefficient (Wildman–Crippen LogP) is 2.02. The van der Waals surface area contributed by atoms with E-state index in [2.05, 4.69) is 9.88 Å². The first-order valence-corrected chi connectivity index (χ1v) is 8.50. The van der Waals surface area contributed by atoms with Crippen molar-refractivity contribution in [3.05, 3.63) is 47.9 Å². The highest BCUT2D eigenvalue weighted by Gasteiger charge is 2.30. The van der Waals surface area contributed by atoms with Gasteiger partial charge >= 0.3 is 11.9 Å². The number of benzene rings is 1. The summed E-state index contributed by atoms with van der Waals surface area (Å²) >= 11 is 0. The van der Waals surface area contributed by atoms with Crippen LogP contribution in [0.1, 0.15) is 18.9 Å². The van der Waals surface area contributed by atoms with Crippen molar-refractivity contribution >= 4 is 22.8 Å². The standard InChI is InChI=1S/C15H19FN2O.C4H4O4/c1-15(19)5-7-18(10-15)6-4-11-9-17-14-3-2-12(16)8-13(11)14;5-3(6)1-2-4(7)8/h2-3,8-9,17,19H,4-7,10H2,1H3;1-2H,(H,5,6)(H,7,8)/b;2-1+. The van der Waals surface area contributed by atoms with E-state index < -0.39 is 17.5 Å². The van der Waals surface area contributed by atoms with Crippen molar-refractivity contribution in [3.63, 3.8) is 0 Å². The molecule has 1 atom stereocenters. The van der Waals surface area contributed by atoms with Gasteiger partial charge in [0.2, 0.25) is 0 Å². The normalized spacial score (nSPS) is 20.0. The number of hydrogen-bond donors (Lipinski definition) is 4. The van der Waals surface area contributed by atoms with Crippen molar-refractivity contribution in [2.75, 3.05) is 19.6 Å². The van der Waals surface area contributed by atoms with Crippen LogP contribution in [0.5, 0.6) is 0 Å². The summed E-state index contributed by atoms with van der Waals surface area (Å²) in [6.07, 6.45) is 4.78. The average molecular weight is 378 g/mol. The second-order valence-corrected chi connectivity index (χ2v) is 6.79. The zero-order valence-corrected chi connectivity index (χ0v) is 15.0. The Balaban J connectivity index is 0.000000279. The number of fused-ring (bicyclic) bond motifs is 1. The number of aliphatic hydroxyl groups is 1. The summed E-state index contributed by atoms with van der Waals surface area (Å²) < 4.78 is 13.3. The van der Waals surface area contributed by atoms with Crippen LogP contribution in [0.2, 0.25) is 0 Å². The second-order valence-electron chi connectivity index (χ2n) is 6.79. The Morgan fingerprint density at radius 3 is 2.52 bits per heavy atom. The summed E-state index contributed by atoms with van der Waals surface area (Å²) in [7, 11) is 0. The van der Waals surface area contributed by atoms with Crippen molar-refractivity contribution in [2.45, 2.75) is 25.4 Å². The first-order chi connectivity index (χ1) is 12.7. The molecule has 8 heteroatoms. The Morgan fingerprint density at radius 2 is 1.96 bits per heavy atom. The number of β-amino-alcohol motifs (C(OH)–C–C–N with tert-alkyl or cyclic N) is 1. The van der Waals surface area contributed by atoms with Crippen molar-refractivity contribution in [1.82, 2.24) is 9.88 Å². The van der Waals surface area contributed by atoms with Gasteiger partial charge in [-0.2, -0.15) is 0 Å². The number of rotatable bonds is 5. The van der Waals surface area contributed by atoms with Crippen LogP contribution in [-0.2, 0) is 16.0 Å². The summed E-state index contributed by atoms with van der Waals surface area (Å²) in [4.78, 5) is 24.5. The molecule has 0 radical (unpaired) electrons. The molecule has 146 valence electrons. The maximum Gasteiger partial charge on any atom is 0.328 e. The fourth-order valence-electron chi connectivity index (χ4n) is 3.01. The highest BCUT2D eigenvalue weighted by atomic mass is 19.1. The molecular formula is C19H23FN2O5. The Morgan fingerprint density at radius 1 is 1.30 bits per heavy atom. The zero-order valence-electron chi connectivity index (χ0n) is 15.0. The Hall–Kier alpha value is -2.71. The molecule has 1 aliphatic rings. The molecule has 0 amide bonds. The van der Waals surface area contributed by atoms with Crippen LogP contribution in [0, 0.1) is 5.82 Å². The molecule has 0 aliphatic carbocycles. The Labute approximate surface area is 155 Å². The molecule has 1 fully saturated rings. The van der Waals surface area contributed by atoms with Crippen molar-refractivity contribution in [1.29, 1.82) is 0 Å². The number of carboxylic acids is 2. The molecule has 0 spiro atoms. The van der Waals surface area contributed by atoms with Crippen LogP contribution >= 0.6 is 0 Å². The third-order valence-corrected chi connectivity index (χ3v) is 4.33. The van der Waals surface area contributed by atoms with Crippen LogP contribution < -0.4 is 0 Å². The number of hydrogen-bond acceptors (Lipinski definition) is 4. The van der Waals surface area contributed by atoms with E-state index >= 15 is 0 Å². The number of aromatic amines is 1. The number of carbonyl (C=O) groups is 2. The van der Waals surface area contributed by atoms with E-state index in [1.54, 1.807) is 12.1 Å². The number of likely N-dealkylation sites (tertiary alicyclic amines) is 1. The maximum atomic E-state index is 13.3. The lowest BCUT2D eigenvalue weighted by Crippen LogP contribution is -2.30. The Kier molecular flexibility index (Phi) is 6.70. The van der Waals surface area contributed by atoms with Crippen LogP contribution in [0.4, 0.5) is 4.39 Å². The SMILES string of the molecule is CC1(O)CCN(CCc2c[nH]c3ccc(F)cc23)C1.O=C(O)/C=C/C(=O)O. The second kappa shape index (κ2) is 8.79. The molecule has 7 nitrogen and oxygen atoms in total. The minimum Gasteiger partial charge on any atom is -0.478 e. The average Bonchev–Trinajstić information content (AvgIpc) is 3.14. The summed E-state index contributed by atoms with van der Waals surface area (Å²) in [5.74, 6) is -2.71. The van der Waals surface area contributed by atoms with Gasteiger partial charge < -0.3 is 25.2 Å². The lowest BCUT2D eigenvalue weighted by Gasteiger charge is -2.18. The van der Waals surface area contributed by atoms with Crippen LogP contribution in [0.3, 0.4) is 0 Å².